The molecule has 0 bridgehead atoms. The Morgan fingerprint density at radius 2 is 2.31 bits per heavy atom. The van der Waals surface area contributed by atoms with Gasteiger partial charge < -0.3 is 10.2 Å². The maximum Gasteiger partial charge on any atom is 0.169 e. The van der Waals surface area contributed by atoms with Crippen LogP contribution >= 0.6 is 23.6 Å². The minimum Gasteiger partial charge on any atom is -0.360 e. The van der Waals surface area contributed by atoms with Crippen LogP contribution in [0, 0.1) is 6.92 Å². The van der Waals surface area contributed by atoms with Crippen LogP contribution in [0.5, 0.6) is 0 Å². The second-order valence-corrected chi connectivity index (χ2v) is 6.05. The van der Waals surface area contributed by atoms with Gasteiger partial charge in [-0.05, 0) is 33.0 Å². The molecule has 0 spiro atoms. The van der Waals surface area contributed by atoms with Gasteiger partial charge in [-0.15, -0.1) is 11.3 Å². The summed E-state index contributed by atoms with van der Waals surface area (Å²) in [6.07, 6.45) is 1.01. The van der Waals surface area contributed by atoms with Crippen LogP contribution in [0.3, 0.4) is 0 Å². The lowest BCUT2D eigenvalue weighted by Gasteiger charge is -2.29. The average Bonchev–Trinajstić information content (AvgIpc) is 2.55. The zero-order chi connectivity index (χ0) is 11.7. The van der Waals surface area contributed by atoms with Crippen LogP contribution in [0.25, 0.3) is 0 Å². The Bertz CT molecular complexity index is 398. The van der Waals surface area contributed by atoms with Gasteiger partial charge in [-0.25, -0.2) is 4.98 Å². The first-order chi connectivity index (χ1) is 7.56. The molecule has 1 aliphatic heterocycles. The van der Waals surface area contributed by atoms with E-state index in [1.54, 1.807) is 11.3 Å². The molecule has 0 saturated heterocycles. The van der Waals surface area contributed by atoms with Gasteiger partial charge in [0.1, 0.15) is 0 Å². The highest BCUT2D eigenvalue weighted by molar-refractivity contribution is 7.80. The molecule has 0 aliphatic carbocycles. The molecule has 1 aliphatic rings. The first-order valence-electron chi connectivity index (χ1n) is 5.57. The van der Waals surface area contributed by atoms with Gasteiger partial charge in [-0.3, -0.25) is 0 Å². The fourth-order valence-corrected chi connectivity index (χ4v) is 3.23. The molecule has 16 heavy (non-hydrogen) atoms. The van der Waals surface area contributed by atoms with E-state index in [0.29, 0.717) is 6.04 Å². The molecule has 2 heterocycles. The molecule has 0 unspecified atom stereocenters. The van der Waals surface area contributed by atoms with Gasteiger partial charge in [-0.2, -0.15) is 0 Å². The fraction of sp³-hybridized carbons (Fsp3) is 0.636. The lowest BCUT2D eigenvalue weighted by molar-refractivity contribution is 0.385. The molecule has 0 atom stereocenters. The fourth-order valence-electron chi connectivity index (χ4n) is 1.84. The summed E-state index contributed by atoms with van der Waals surface area (Å²) in [6, 6.07) is 0.400. The quantitative estimate of drug-likeness (QED) is 0.778. The van der Waals surface area contributed by atoms with Gasteiger partial charge in [0.15, 0.2) is 5.11 Å². The normalized spacial score (nSPS) is 15.1. The van der Waals surface area contributed by atoms with Crippen molar-refractivity contribution in [2.75, 3.05) is 6.54 Å². The Hall–Kier alpha value is -0.680. The van der Waals surface area contributed by atoms with Crippen LogP contribution in [-0.4, -0.2) is 27.6 Å². The number of hydrogen-bond donors (Lipinski definition) is 1. The summed E-state index contributed by atoms with van der Waals surface area (Å²) in [5.41, 5.74) is 1.27. The number of thiazole rings is 1. The van der Waals surface area contributed by atoms with Crippen molar-refractivity contribution in [2.45, 2.75) is 39.8 Å². The van der Waals surface area contributed by atoms with E-state index in [0.717, 1.165) is 29.6 Å². The summed E-state index contributed by atoms with van der Waals surface area (Å²) in [4.78, 5) is 8.14. The van der Waals surface area contributed by atoms with Gasteiger partial charge in [-0.1, -0.05) is 0 Å². The molecule has 3 nitrogen and oxygen atoms in total. The maximum absolute atomic E-state index is 5.39. The number of nitrogens with one attached hydrogen (secondary N) is 1. The van der Waals surface area contributed by atoms with Crippen LogP contribution in [0.1, 0.15) is 29.4 Å². The van der Waals surface area contributed by atoms with Crippen molar-refractivity contribution in [3.05, 3.63) is 15.6 Å². The van der Waals surface area contributed by atoms with E-state index in [-0.39, 0.29) is 0 Å². The van der Waals surface area contributed by atoms with E-state index in [4.69, 9.17) is 12.2 Å². The first-order valence-corrected chi connectivity index (χ1v) is 6.79. The number of aryl methyl sites for hydroxylation is 1. The Balaban J connectivity index is 2.04. The summed E-state index contributed by atoms with van der Waals surface area (Å²) < 4.78 is 0. The van der Waals surface area contributed by atoms with Crippen molar-refractivity contribution >= 4 is 28.7 Å². The van der Waals surface area contributed by atoms with E-state index >= 15 is 0 Å². The van der Waals surface area contributed by atoms with E-state index < -0.39 is 0 Å². The molecule has 0 saturated carbocycles. The number of rotatable bonds is 1. The minimum absolute atomic E-state index is 0.400. The SMILES string of the molecule is Cc1nc2c(s1)CN(C(=S)NC(C)C)CC2. The summed E-state index contributed by atoms with van der Waals surface area (Å²) in [6.45, 7) is 8.18. The molecular weight excluding hydrogens is 238 g/mol. The molecule has 1 aromatic heterocycles. The summed E-state index contributed by atoms with van der Waals surface area (Å²) in [5, 5.41) is 5.32. The number of thiocarbonyl (C=S) groups is 1. The van der Waals surface area contributed by atoms with Gasteiger partial charge in [0, 0.05) is 23.9 Å². The molecule has 1 aromatic rings. The summed E-state index contributed by atoms with van der Waals surface area (Å²) in [7, 11) is 0. The number of nitrogens with zero attached hydrogens (tertiary/aromatic N) is 2. The maximum atomic E-state index is 5.39. The Morgan fingerprint density at radius 3 is 3.00 bits per heavy atom. The lowest BCUT2D eigenvalue weighted by Crippen LogP contribution is -2.44. The van der Waals surface area contributed by atoms with E-state index in [2.05, 4.69) is 36.0 Å². The second kappa shape index (κ2) is 4.67. The molecule has 2 rings (SSSR count). The molecule has 0 fully saturated rings. The molecule has 88 valence electrons. The van der Waals surface area contributed by atoms with Gasteiger partial charge in [0.25, 0.3) is 0 Å². The van der Waals surface area contributed by atoms with Crippen molar-refractivity contribution in [3.8, 4) is 0 Å². The molecular formula is C11H17N3S2. The standard InChI is InChI=1S/C11H17N3S2/c1-7(2)12-11(15)14-5-4-9-10(6-14)16-8(3)13-9/h7H,4-6H2,1-3H3,(H,12,15). The van der Waals surface area contributed by atoms with E-state index in [1.165, 1.54) is 10.6 Å². The van der Waals surface area contributed by atoms with Gasteiger partial charge in [0.05, 0.1) is 17.2 Å². The highest BCUT2D eigenvalue weighted by Gasteiger charge is 2.21. The third-order valence-corrected chi connectivity index (χ3v) is 3.91. The van der Waals surface area contributed by atoms with Crippen molar-refractivity contribution < 1.29 is 0 Å². The highest BCUT2D eigenvalue weighted by atomic mass is 32.1. The number of hydrogen-bond acceptors (Lipinski definition) is 3. The van der Waals surface area contributed by atoms with Crippen LogP contribution in [0.15, 0.2) is 0 Å². The topological polar surface area (TPSA) is 28.2 Å². The monoisotopic (exact) mass is 255 g/mol. The smallest absolute Gasteiger partial charge is 0.169 e. The van der Waals surface area contributed by atoms with Crippen LogP contribution < -0.4 is 5.32 Å². The molecule has 0 aromatic carbocycles. The first kappa shape index (κ1) is 11.8. The predicted molar refractivity (Wildman–Crippen MR) is 71.8 cm³/mol. The largest absolute Gasteiger partial charge is 0.360 e. The zero-order valence-corrected chi connectivity index (χ0v) is 11.5. The highest BCUT2D eigenvalue weighted by Crippen LogP contribution is 2.24. The average molecular weight is 255 g/mol. The van der Waals surface area contributed by atoms with Crippen LogP contribution in [0.4, 0.5) is 0 Å². The molecule has 1 N–H and O–H groups in total. The Labute approximate surface area is 106 Å². The predicted octanol–water partition coefficient (Wildman–Crippen LogP) is 2.09. The third-order valence-electron chi connectivity index (χ3n) is 2.54. The van der Waals surface area contributed by atoms with E-state index in [9.17, 15) is 0 Å². The van der Waals surface area contributed by atoms with Gasteiger partial charge in [0.2, 0.25) is 0 Å². The third kappa shape index (κ3) is 2.52. The number of aromatic nitrogens is 1. The molecule has 0 amide bonds. The van der Waals surface area contributed by atoms with Crippen LogP contribution in [0.2, 0.25) is 0 Å². The van der Waals surface area contributed by atoms with Crippen molar-refractivity contribution in [1.29, 1.82) is 0 Å². The minimum atomic E-state index is 0.400. The lowest BCUT2D eigenvalue weighted by atomic mass is 10.2. The molecule has 5 heteroatoms. The van der Waals surface area contributed by atoms with Gasteiger partial charge >= 0.3 is 0 Å². The number of fused-ring (bicyclic) bond motifs is 1. The Morgan fingerprint density at radius 1 is 1.56 bits per heavy atom. The molecule has 0 radical (unpaired) electrons. The van der Waals surface area contributed by atoms with Crippen molar-refractivity contribution in [3.63, 3.8) is 0 Å². The van der Waals surface area contributed by atoms with Crippen molar-refractivity contribution in [1.82, 2.24) is 15.2 Å². The van der Waals surface area contributed by atoms with E-state index in [1.807, 2.05) is 0 Å². The summed E-state index contributed by atoms with van der Waals surface area (Å²) >= 11 is 7.18. The van der Waals surface area contributed by atoms with Crippen LogP contribution in [-0.2, 0) is 13.0 Å². The second-order valence-electron chi connectivity index (χ2n) is 4.38. The Kier molecular flexibility index (Phi) is 3.44. The summed E-state index contributed by atoms with van der Waals surface area (Å²) in [5.74, 6) is 0. The zero-order valence-electron chi connectivity index (χ0n) is 9.91. The van der Waals surface area contributed by atoms with Crippen molar-refractivity contribution in [2.24, 2.45) is 0 Å².